The number of rotatable bonds is 7. The minimum Gasteiger partial charge on any atom is -0.492 e. The van der Waals surface area contributed by atoms with E-state index in [-0.39, 0.29) is 57.1 Å². The van der Waals surface area contributed by atoms with Crippen LogP contribution in [-0.2, 0) is 4.74 Å². The average molecular weight is 287 g/mol. The summed E-state index contributed by atoms with van der Waals surface area (Å²) in [6.45, 7) is -1.68. The SMILES string of the molecule is CCOCCCOc1cncc([B-](F)(F)F)c1.[K+]. The van der Waals surface area contributed by atoms with Gasteiger partial charge in [0.15, 0.2) is 0 Å². The summed E-state index contributed by atoms with van der Waals surface area (Å²) in [6, 6.07) is 0.966. The molecule has 1 rings (SSSR count). The Morgan fingerprint density at radius 1 is 1.22 bits per heavy atom. The minimum absolute atomic E-state index is 0. The summed E-state index contributed by atoms with van der Waals surface area (Å²) in [7, 11) is 0. The fourth-order valence-corrected chi connectivity index (χ4v) is 1.19. The Morgan fingerprint density at radius 3 is 2.56 bits per heavy atom. The number of aromatic nitrogens is 1. The van der Waals surface area contributed by atoms with Gasteiger partial charge in [-0.05, 0) is 13.0 Å². The van der Waals surface area contributed by atoms with E-state index in [1.165, 1.54) is 6.20 Å². The molecule has 3 nitrogen and oxygen atoms in total. The van der Waals surface area contributed by atoms with Gasteiger partial charge in [-0.25, -0.2) is 0 Å². The van der Waals surface area contributed by atoms with E-state index in [4.69, 9.17) is 9.47 Å². The number of hydrogen-bond acceptors (Lipinski definition) is 3. The summed E-state index contributed by atoms with van der Waals surface area (Å²) in [5.41, 5.74) is -0.743. The standard InChI is InChI=1S/C10H14BF3NO2.K/c1-2-16-4-3-5-17-10-6-9(7-15-8-10)11(12,13)14;/h6-8H,2-5H2,1H3;/q-1;+1. The molecule has 0 aliphatic carbocycles. The fourth-order valence-electron chi connectivity index (χ4n) is 1.19. The fraction of sp³-hybridized carbons (Fsp3) is 0.500. The Balaban J connectivity index is 0.00000289. The summed E-state index contributed by atoms with van der Waals surface area (Å²) in [6.07, 6.45) is 2.70. The summed E-state index contributed by atoms with van der Waals surface area (Å²) in [5.74, 6) is 0.137. The molecule has 0 aliphatic heterocycles. The molecule has 0 unspecified atom stereocenters. The van der Waals surface area contributed by atoms with Crippen molar-refractivity contribution in [3.8, 4) is 5.75 Å². The van der Waals surface area contributed by atoms with Crippen LogP contribution < -0.4 is 61.6 Å². The van der Waals surface area contributed by atoms with E-state index >= 15 is 0 Å². The maximum Gasteiger partial charge on any atom is 1.00 e. The molecule has 8 heteroatoms. The van der Waals surface area contributed by atoms with E-state index in [1.54, 1.807) is 0 Å². The number of halogens is 3. The van der Waals surface area contributed by atoms with E-state index in [2.05, 4.69) is 4.98 Å². The van der Waals surface area contributed by atoms with Crippen LogP contribution in [0.1, 0.15) is 13.3 Å². The van der Waals surface area contributed by atoms with Gasteiger partial charge in [-0.15, -0.1) is 0 Å². The van der Waals surface area contributed by atoms with E-state index < -0.39 is 12.4 Å². The molecule has 1 aromatic heterocycles. The average Bonchev–Trinajstić information content (AvgIpc) is 2.28. The van der Waals surface area contributed by atoms with Crippen molar-refractivity contribution in [3.63, 3.8) is 0 Å². The number of ether oxygens (including phenoxy) is 2. The Labute approximate surface area is 147 Å². The quantitative estimate of drug-likeness (QED) is 0.473. The van der Waals surface area contributed by atoms with Crippen molar-refractivity contribution in [3.05, 3.63) is 18.5 Å². The van der Waals surface area contributed by atoms with Crippen LogP contribution in [0.3, 0.4) is 0 Å². The van der Waals surface area contributed by atoms with Gasteiger partial charge in [-0.2, -0.15) is 0 Å². The van der Waals surface area contributed by atoms with Crippen molar-refractivity contribution < 1.29 is 73.8 Å². The number of hydrogen-bond donors (Lipinski definition) is 0. The van der Waals surface area contributed by atoms with Crippen LogP contribution in [0.5, 0.6) is 5.75 Å². The van der Waals surface area contributed by atoms with Gasteiger partial charge in [0.25, 0.3) is 0 Å². The normalized spacial score (nSPS) is 10.9. The Kier molecular flexibility index (Phi) is 9.54. The first kappa shape index (κ1) is 18.4. The van der Waals surface area contributed by atoms with Crippen molar-refractivity contribution in [2.24, 2.45) is 0 Å². The number of nitrogens with zero attached hydrogens (tertiary/aromatic N) is 1. The molecular formula is C10H14BF3KNO2. The molecule has 1 aromatic rings. The smallest absolute Gasteiger partial charge is 0.492 e. The molecule has 0 atom stereocenters. The van der Waals surface area contributed by atoms with Crippen LogP contribution in [0.4, 0.5) is 12.9 Å². The second kappa shape index (κ2) is 9.33. The molecule has 0 fully saturated rings. The molecular weight excluding hydrogens is 273 g/mol. The van der Waals surface area contributed by atoms with Gasteiger partial charge in [0, 0.05) is 25.8 Å². The van der Waals surface area contributed by atoms with Crippen molar-refractivity contribution in [1.29, 1.82) is 0 Å². The third kappa shape index (κ3) is 7.10. The second-order valence-electron chi connectivity index (χ2n) is 3.43. The zero-order valence-electron chi connectivity index (χ0n) is 10.5. The van der Waals surface area contributed by atoms with Crippen LogP contribution in [0, 0.1) is 0 Å². The summed E-state index contributed by atoms with van der Waals surface area (Å²) in [5, 5.41) is 0. The molecule has 0 N–H and O–H groups in total. The first-order valence-corrected chi connectivity index (χ1v) is 5.39. The minimum atomic E-state index is -5.02. The Bertz CT molecular complexity index is 352. The van der Waals surface area contributed by atoms with Gasteiger partial charge >= 0.3 is 58.4 Å². The van der Waals surface area contributed by atoms with Crippen molar-refractivity contribution in [1.82, 2.24) is 4.98 Å². The first-order chi connectivity index (χ1) is 8.04. The summed E-state index contributed by atoms with van der Waals surface area (Å²) in [4.78, 5) is 3.51. The van der Waals surface area contributed by atoms with Gasteiger partial charge in [-0.3, -0.25) is 4.98 Å². The zero-order valence-corrected chi connectivity index (χ0v) is 13.7. The second-order valence-corrected chi connectivity index (χ2v) is 3.43. The van der Waals surface area contributed by atoms with E-state index in [9.17, 15) is 12.9 Å². The summed E-state index contributed by atoms with van der Waals surface area (Å²) >= 11 is 0. The van der Waals surface area contributed by atoms with Crippen molar-refractivity contribution in [2.75, 3.05) is 19.8 Å². The Hall–Kier alpha value is 0.401. The molecule has 0 radical (unpaired) electrons. The molecule has 0 aromatic carbocycles. The predicted molar refractivity (Wildman–Crippen MR) is 59.6 cm³/mol. The molecule has 0 spiro atoms. The third-order valence-corrected chi connectivity index (χ3v) is 2.02. The molecule has 0 amide bonds. The monoisotopic (exact) mass is 287 g/mol. The van der Waals surface area contributed by atoms with Gasteiger partial charge in [0.2, 0.25) is 0 Å². The molecule has 0 aliphatic rings. The van der Waals surface area contributed by atoms with Gasteiger partial charge in [0.05, 0.1) is 12.8 Å². The van der Waals surface area contributed by atoms with Crippen LogP contribution in [0.2, 0.25) is 0 Å². The van der Waals surface area contributed by atoms with Gasteiger partial charge in [0.1, 0.15) is 5.75 Å². The maximum absolute atomic E-state index is 12.4. The molecule has 96 valence electrons. The molecule has 0 saturated carbocycles. The van der Waals surface area contributed by atoms with Crippen molar-refractivity contribution in [2.45, 2.75) is 13.3 Å². The maximum atomic E-state index is 12.4. The molecule has 0 saturated heterocycles. The Morgan fingerprint density at radius 2 is 1.94 bits per heavy atom. The van der Waals surface area contributed by atoms with E-state index in [0.29, 0.717) is 26.2 Å². The van der Waals surface area contributed by atoms with Crippen LogP contribution in [-0.4, -0.2) is 31.8 Å². The van der Waals surface area contributed by atoms with Crippen LogP contribution in [0.15, 0.2) is 18.5 Å². The first-order valence-electron chi connectivity index (χ1n) is 5.39. The predicted octanol–water partition coefficient (Wildman–Crippen LogP) is -1.05. The van der Waals surface area contributed by atoms with E-state index in [0.717, 1.165) is 12.3 Å². The van der Waals surface area contributed by atoms with Crippen LogP contribution in [0.25, 0.3) is 0 Å². The van der Waals surface area contributed by atoms with Crippen LogP contribution >= 0.6 is 0 Å². The van der Waals surface area contributed by atoms with Gasteiger partial charge in [-0.1, -0.05) is 5.46 Å². The third-order valence-electron chi connectivity index (χ3n) is 2.02. The molecule has 1 heterocycles. The summed E-state index contributed by atoms with van der Waals surface area (Å²) < 4.78 is 47.4. The number of pyridine rings is 1. The topological polar surface area (TPSA) is 31.4 Å². The molecule has 18 heavy (non-hydrogen) atoms. The zero-order chi connectivity index (χ0) is 12.7. The van der Waals surface area contributed by atoms with E-state index in [1.807, 2.05) is 6.92 Å². The van der Waals surface area contributed by atoms with Gasteiger partial charge < -0.3 is 22.4 Å². The van der Waals surface area contributed by atoms with Crippen molar-refractivity contribution >= 4 is 12.4 Å². The largest absolute Gasteiger partial charge is 1.00 e. The molecule has 0 bridgehead atoms.